The van der Waals surface area contributed by atoms with Gasteiger partial charge in [-0.3, -0.25) is 4.79 Å². The fourth-order valence-electron chi connectivity index (χ4n) is 1.16. The lowest BCUT2D eigenvalue weighted by Crippen LogP contribution is -2.07. The van der Waals surface area contributed by atoms with Crippen LogP contribution in [0, 0.1) is 6.92 Å². The van der Waals surface area contributed by atoms with E-state index in [0.717, 1.165) is 11.3 Å². The fraction of sp³-hybridized carbons (Fsp3) is 0.154. The number of rotatable bonds is 3. The van der Waals surface area contributed by atoms with E-state index in [9.17, 15) is 4.79 Å². The predicted molar refractivity (Wildman–Crippen MR) is 63.8 cm³/mol. The summed E-state index contributed by atoms with van der Waals surface area (Å²) >= 11 is 0. The number of carbonyl (C=O) groups excluding carboxylic acids is 1. The van der Waals surface area contributed by atoms with Crippen molar-refractivity contribution >= 4 is 11.6 Å². The summed E-state index contributed by atoms with van der Waals surface area (Å²) in [5.41, 5.74) is 1.95. The second-order valence-electron chi connectivity index (χ2n) is 3.24. The van der Waals surface area contributed by atoms with Crippen LogP contribution in [-0.2, 0) is 4.79 Å². The largest absolute Gasteiger partial charge is 0.323 e. The molecule has 0 bridgehead atoms. The molecule has 0 aliphatic rings. The van der Waals surface area contributed by atoms with E-state index in [1.165, 1.54) is 6.08 Å². The van der Waals surface area contributed by atoms with Crippen LogP contribution in [0.4, 0.5) is 5.69 Å². The lowest BCUT2D eigenvalue weighted by Gasteiger charge is -2.02. The molecule has 0 aliphatic carbocycles. The lowest BCUT2D eigenvalue weighted by atomic mass is 10.2. The van der Waals surface area contributed by atoms with E-state index >= 15 is 0 Å². The molecule has 0 radical (unpaired) electrons. The normalized spacial score (nSPS) is 11.1. The summed E-state index contributed by atoms with van der Waals surface area (Å²) in [6.07, 6.45) is 6.90. The minimum Gasteiger partial charge on any atom is -0.323 e. The SMILES string of the molecule is C/C=C/C=C/C(=O)Nc1cccc(C)c1. The molecule has 1 rings (SSSR count). The van der Waals surface area contributed by atoms with Crippen molar-refractivity contribution in [3.63, 3.8) is 0 Å². The third-order valence-corrected chi connectivity index (χ3v) is 1.84. The van der Waals surface area contributed by atoms with E-state index in [2.05, 4.69) is 5.32 Å². The van der Waals surface area contributed by atoms with Gasteiger partial charge in [0.25, 0.3) is 0 Å². The maximum absolute atomic E-state index is 11.4. The van der Waals surface area contributed by atoms with Gasteiger partial charge in [-0.1, -0.05) is 30.4 Å². The Labute approximate surface area is 90.3 Å². The zero-order chi connectivity index (χ0) is 11.1. The Kier molecular flexibility index (Phi) is 4.35. The minimum atomic E-state index is -0.112. The van der Waals surface area contributed by atoms with Gasteiger partial charge in [0.2, 0.25) is 5.91 Å². The summed E-state index contributed by atoms with van der Waals surface area (Å²) in [6, 6.07) is 7.71. The molecule has 0 spiro atoms. The van der Waals surface area contributed by atoms with Crippen LogP contribution in [0.25, 0.3) is 0 Å². The molecule has 0 unspecified atom stereocenters. The van der Waals surface area contributed by atoms with E-state index in [-0.39, 0.29) is 5.91 Å². The van der Waals surface area contributed by atoms with Crippen LogP contribution >= 0.6 is 0 Å². The number of hydrogen-bond acceptors (Lipinski definition) is 1. The predicted octanol–water partition coefficient (Wildman–Crippen LogP) is 3.07. The van der Waals surface area contributed by atoms with Crippen molar-refractivity contribution in [2.24, 2.45) is 0 Å². The molecular formula is C13H15NO. The summed E-state index contributed by atoms with van der Waals surface area (Å²) in [7, 11) is 0. The van der Waals surface area contributed by atoms with Crippen molar-refractivity contribution < 1.29 is 4.79 Å². The number of anilines is 1. The highest BCUT2D eigenvalue weighted by Crippen LogP contribution is 2.09. The Morgan fingerprint density at radius 2 is 2.13 bits per heavy atom. The molecule has 0 heterocycles. The van der Waals surface area contributed by atoms with Gasteiger partial charge in [-0.2, -0.15) is 0 Å². The molecule has 0 aliphatic heterocycles. The third kappa shape index (κ3) is 4.27. The van der Waals surface area contributed by atoms with E-state index < -0.39 is 0 Å². The molecule has 0 saturated carbocycles. The molecule has 0 saturated heterocycles. The smallest absolute Gasteiger partial charge is 0.248 e. The van der Waals surface area contributed by atoms with Gasteiger partial charge in [-0.05, 0) is 31.5 Å². The molecule has 1 aromatic rings. The fourth-order valence-corrected chi connectivity index (χ4v) is 1.16. The van der Waals surface area contributed by atoms with Gasteiger partial charge >= 0.3 is 0 Å². The van der Waals surface area contributed by atoms with Crippen molar-refractivity contribution in [3.8, 4) is 0 Å². The van der Waals surface area contributed by atoms with Gasteiger partial charge in [-0.15, -0.1) is 0 Å². The van der Waals surface area contributed by atoms with Gasteiger partial charge in [0, 0.05) is 11.8 Å². The van der Waals surface area contributed by atoms with E-state index in [0.29, 0.717) is 0 Å². The Balaban J connectivity index is 2.59. The van der Waals surface area contributed by atoms with Crippen LogP contribution in [0.2, 0.25) is 0 Å². The molecule has 2 heteroatoms. The zero-order valence-electron chi connectivity index (χ0n) is 9.03. The molecule has 78 valence electrons. The van der Waals surface area contributed by atoms with Crippen molar-refractivity contribution in [1.82, 2.24) is 0 Å². The van der Waals surface area contributed by atoms with Gasteiger partial charge in [0.05, 0.1) is 0 Å². The molecule has 1 amide bonds. The number of allylic oxidation sites excluding steroid dienone is 3. The second-order valence-corrected chi connectivity index (χ2v) is 3.24. The quantitative estimate of drug-likeness (QED) is 0.591. The molecule has 0 fully saturated rings. The second kappa shape index (κ2) is 5.81. The van der Waals surface area contributed by atoms with Crippen LogP contribution in [0.5, 0.6) is 0 Å². The third-order valence-electron chi connectivity index (χ3n) is 1.84. The summed E-state index contributed by atoms with van der Waals surface area (Å²) < 4.78 is 0. The number of benzene rings is 1. The number of hydrogen-bond donors (Lipinski definition) is 1. The highest BCUT2D eigenvalue weighted by Gasteiger charge is 1.96. The first kappa shape index (κ1) is 11.2. The van der Waals surface area contributed by atoms with E-state index in [1.54, 1.807) is 6.08 Å². The molecule has 0 atom stereocenters. The average Bonchev–Trinajstić information content (AvgIpc) is 2.18. The van der Waals surface area contributed by atoms with Crippen LogP contribution in [-0.4, -0.2) is 5.91 Å². The highest BCUT2D eigenvalue weighted by molar-refractivity contribution is 5.99. The molecule has 1 N–H and O–H groups in total. The summed E-state index contributed by atoms with van der Waals surface area (Å²) in [5.74, 6) is -0.112. The topological polar surface area (TPSA) is 29.1 Å². The number of amides is 1. The van der Waals surface area contributed by atoms with Gasteiger partial charge in [0.15, 0.2) is 0 Å². The zero-order valence-corrected chi connectivity index (χ0v) is 9.03. The Hall–Kier alpha value is -1.83. The van der Waals surface area contributed by atoms with Gasteiger partial charge < -0.3 is 5.32 Å². The maximum atomic E-state index is 11.4. The van der Waals surface area contributed by atoms with Crippen molar-refractivity contribution in [3.05, 3.63) is 54.1 Å². The monoisotopic (exact) mass is 201 g/mol. The Morgan fingerprint density at radius 3 is 2.80 bits per heavy atom. The summed E-state index contributed by atoms with van der Waals surface area (Å²) in [5, 5.41) is 2.78. The molecule has 2 nitrogen and oxygen atoms in total. The van der Waals surface area contributed by atoms with Crippen molar-refractivity contribution in [1.29, 1.82) is 0 Å². The standard InChI is InChI=1S/C13H15NO/c1-3-4-5-9-13(15)14-12-8-6-7-11(2)10-12/h3-10H,1-2H3,(H,14,15)/b4-3+,9-5+. The Morgan fingerprint density at radius 1 is 1.33 bits per heavy atom. The van der Waals surface area contributed by atoms with Crippen LogP contribution < -0.4 is 5.32 Å². The van der Waals surface area contributed by atoms with Crippen molar-refractivity contribution in [2.75, 3.05) is 5.32 Å². The van der Waals surface area contributed by atoms with E-state index in [4.69, 9.17) is 0 Å². The van der Waals surface area contributed by atoms with Crippen LogP contribution in [0.1, 0.15) is 12.5 Å². The molecule has 15 heavy (non-hydrogen) atoms. The van der Waals surface area contributed by atoms with Gasteiger partial charge in [0.1, 0.15) is 0 Å². The maximum Gasteiger partial charge on any atom is 0.248 e. The average molecular weight is 201 g/mol. The van der Waals surface area contributed by atoms with Crippen molar-refractivity contribution in [2.45, 2.75) is 13.8 Å². The minimum absolute atomic E-state index is 0.112. The summed E-state index contributed by atoms with van der Waals surface area (Å²) in [4.78, 5) is 11.4. The van der Waals surface area contributed by atoms with Gasteiger partial charge in [-0.25, -0.2) is 0 Å². The highest BCUT2D eigenvalue weighted by atomic mass is 16.1. The first-order valence-electron chi connectivity index (χ1n) is 4.89. The summed E-state index contributed by atoms with van der Waals surface area (Å²) in [6.45, 7) is 3.90. The Bertz CT molecular complexity index is 391. The van der Waals surface area contributed by atoms with E-state index in [1.807, 2.05) is 50.3 Å². The molecule has 0 aromatic heterocycles. The molecule has 1 aromatic carbocycles. The number of carbonyl (C=O) groups is 1. The van der Waals surface area contributed by atoms with Crippen LogP contribution in [0.15, 0.2) is 48.6 Å². The number of aryl methyl sites for hydroxylation is 1. The lowest BCUT2D eigenvalue weighted by molar-refractivity contribution is -0.111. The molecular weight excluding hydrogens is 186 g/mol. The number of nitrogens with one attached hydrogen (secondary N) is 1. The first-order valence-corrected chi connectivity index (χ1v) is 4.89. The first-order chi connectivity index (χ1) is 7.22. The van der Waals surface area contributed by atoms with Crippen LogP contribution in [0.3, 0.4) is 0 Å².